The van der Waals surface area contributed by atoms with Gasteiger partial charge in [-0.25, -0.2) is 13.6 Å². The lowest BCUT2D eigenvalue weighted by molar-refractivity contribution is -0.125. The van der Waals surface area contributed by atoms with Crippen LogP contribution in [-0.2, 0) is 16.6 Å². The van der Waals surface area contributed by atoms with Crippen molar-refractivity contribution in [1.29, 1.82) is 0 Å². The SMILES string of the molecule is CCCCNc1cc(CNCC(F)(F)F)cc(S(N)(=O)=O)c1Oc1ccccc1. The minimum atomic E-state index is -4.37. The molecular weight excluding hydrogens is 407 g/mol. The predicted molar refractivity (Wildman–Crippen MR) is 105 cm³/mol. The molecule has 0 radical (unpaired) electrons. The third-order valence-corrected chi connectivity index (χ3v) is 4.80. The summed E-state index contributed by atoms with van der Waals surface area (Å²) in [6.45, 7) is 1.15. The van der Waals surface area contributed by atoms with Gasteiger partial charge in [0.05, 0.1) is 12.2 Å². The first-order valence-electron chi connectivity index (χ1n) is 9.04. The molecule has 2 rings (SSSR count). The van der Waals surface area contributed by atoms with Crippen LogP contribution in [0.2, 0.25) is 0 Å². The topological polar surface area (TPSA) is 93.5 Å². The van der Waals surface area contributed by atoms with Gasteiger partial charge < -0.3 is 15.4 Å². The molecule has 160 valence electrons. The molecule has 0 aromatic heterocycles. The van der Waals surface area contributed by atoms with Crippen LogP contribution in [0.25, 0.3) is 0 Å². The number of alkyl halides is 3. The molecular formula is C19H24F3N3O3S. The van der Waals surface area contributed by atoms with E-state index >= 15 is 0 Å². The normalized spacial score (nSPS) is 12.0. The zero-order valence-electron chi connectivity index (χ0n) is 15.9. The Morgan fingerprint density at radius 3 is 2.41 bits per heavy atom. The molecule has 2 aromatic rings. The van der Waals surface area contributed by atoms with Gasteiger partial charge in [-0.3, -0.25) is 0 Å². The van der Waals surface area contributed by atoms with Crippen LogP contribution in [-0.4, -0.2) is 27.7 Å². The standard InChI is InChI=1S/C19H24F3N3O3S/c1-2-3-9-25-16-10-14(12-24-13-19(20,21)22)11-17(29(23,26)27)18(16)28-15-7-5-4-6-8-15/h4-8,10-11,24-25H,2-3,9,12-13H2,1H3,(H2,23,26,27). The number of hydrogen-bond donors (Lipinski definition) is 3. The number of nitrogens with two attached hydrogens (primary N) is 1. The molecule has 29 heavy (non-hydrogen) atoms. The third kappa shape index (κ3) is 7.56. The summed E-state index contributed by atoms with van der Waals surface area (Å²) in [5, 5.41) is 10.7. The van der Waals surface area contributed by atoms with Gasteiger partial charge in [-0.15, -0.1) is 0 Å². The molecule has 0 amide bonds. The monoisotopic (exact) mass is 431 g/mol. The van der Waals surface area contributed by atoms with E-state index in [-0.39, 0.29) is 17.2 Å². The van der Waals surface area contributed by atoms with Crippen LogP contribution in [0, 0.1) is 0 Å². The molecule has 6 nitrogen and oxygen atoms in total. The fourth-order valence-electron chi connectivity index (χ4n) is 2.56. The summed E-state index contributed by atoms with van der Waals surface area (Å²) in [6.07, 6.45) is -2.66. The van der Waals surface area contributed by atoms with Crippen LogP contribution in [0.15, 0.2) is 47.4 Å². The number of ether oxygens (including phenoxy) is 1. The van der Waals surface area contributed by atoms with Gasteiger partial charge in [0.2, 0.25) is 10.0 Å². The number of anilines is 1. The van der Waals surface area contributed by atoms with E-state index in [1.54, 1.807) is 36.4 Å². The Bertz CT molecular complexity index is 904. The highest BCUT2D eigenvalue weighted by Crippen LogP contribution is 2.37. The smallest absolute Gasteiger partial charge is 0.401 e. The summed E-state index contributed by atoms with van der Waals surface area (Å²) >= 11 is 0. The minimum Gasteiger partial charge on any atom is -0.454 e. The van der Waals surface area contributed by atoms with Gasteiger partial charge >= 0.3 is 6.18 Å². The number of halogens is 3. The van der Waals surface area contributed by atoms with Gasteiger partial charge in [0.15, 0.2) is 5.75 Å². The molecule has 2 aromatic carbocycles. The van der Waals surface area contributed by atoms with Crippen LogP contribution in [0.5, 0.6) is 11.5 Å². The number of primary sulfonamides is 1. The highest BCUT2D eigenvalue weighted by molar-refractivity contribution is 7.89. The second-order valence-electron chi connectivity index (χ2n) is 6.43. The molecule has 0 heterocycles. The van der Waals surface area contributed by atoms with Crippen molar-refractivity contribution in [3.8, 4) is 11.5 Å². The van der Waals surface area contributed by atoms with Crippen molar-refractivity contribution in [2.75, 3.05) is 18.4 Å². The fourth-order valence-corrected chi connectivity index (χ4v) is 3.29. The molecule has 0 fully saturated rings. The van der Waals surface area contributed by atoms with Crippen molar-refractivity contribution >= 4 is 15.7 Å². The highest BCUT2D eigenvalue weighted by Gasteiger charge is 2.27. The second-order valence-corrected chi connectivity index (χ2v) is 7.96. The lowest BCUT2D eigenvalue weighted by Crippen LogP contribution is -2.28. The fraction of sp³-hybridized carbons (Fsp3) is 0.368. The number of benzene rings is 2. The zero-order valence-corrected chi connectivity index (χ0v) is 16.7. The third-order valence-electron chi connectivity index (χ3n) is 3.88. The maximum atomic E-state index is 12.4. The Morgan fingerprint density at radius 2 is 1.83 bits per heavy atom. The first-order chi connectivity index (χ1) is 13.6. The molecule has 0 saturated heterocycles. The molecule has 0 atom stereocenters. The maximum absolute atomic E-state index is 12.4. The van der Waals surface area contributed by atoms with Crippen molar-refractivity contribution in [3.05, 3.63) is 48.0 Å². The van der Waals surface area contributed by atoms with E-state index < -0.39 is 22.7 Å². The molecule has 0 aliphatic carbocycles. The number of para-hydroxylation sites is 1. The van der Waals surface area contributed by atoms with E-state index in [1.807, 2.05) is 6.92 Å². The van der Waals surface area contributed by atoms with Crippen LogP contribution < -0.4 is 20.5 Å². The average Bonchev–Trinajstić information content (AvgIpc) is 2.62. The van der Waals surface area contributed by atoms with Crippen LogP contribution >= 0.6 is 0 Å². The number of nitrogens with one attached hydrogen (secondary N) is 2. The summed E-state index contributed by atoms with van der Waals surface area (Å²) in [7, 11) is -4.20. The Kier molecular flexibility index (Phi) is 7.88. The quantitative estimate of drug-likeness (QED) is 0.495. The first-order valence-corrected chi connectivity index (χ1v) is 10.6. The van der Waals surface area contributed by atoms with Gasteiger partial charge in [0.25, 0.3) is 0 Å². The Hall–Kier alpha value is -2.30. The summed E-state index contributed by atoms with van der Waals surface area (Å²) < 4.78 is 67.4. The summed E-state index contributed by atoms with van der Waals surface area (Å²) in [6, 6.07) is 11.3. The van der Waals surface area contributed by atoms with Crippen LogP contribution in [0.1, 0.15) is 25.3 Å². The lowest BCUT2D eigenvalue weighted by Gasteiger charge is -2.18. The number of unbranched alkanes of at least 4 members (excludes halogenated alkanes) is 1. The van der Waals surface area contributed by atoms with E-state index in [1.165, 1.54) is 6.07 Å². The summed E-state index contributed by atoms with van der Waals surface area (Å²) in [4.78, 5) is -0.299. The predicted octanol–water partition coefficient (Wildman–Crippen LogP) is 3.99. The summed E-state index contributed by atoms with van der Waals surface area (Å²) in [5.41, 5.74) is 0.676. The molecule has 4 N–H and O–H groups in total. The van der Waals surface area contributed by atoms with Gasteiger partial charge in [-0.2, -0.15) is 13.2 Å². The number of rotatable bonds is 10. The average molecular weight is 431 g/mol. The molecule has 0 aliphatic rings. The number of sulfonamides is 1. The molecule has 0 bridgehead atoms. The van der Waals surface area contributed by atoms with Crippen molar-refractivity contribution in [3.63, 3.8) is 0 Å². The van der Waals surface area contributed by atoms with Crippen molar-refractivity contribution in [1.82, 2.24) is 5.32 Å². The van der Waals surface area contributed by atoms with E-state index in [0.717, 1.165) is 12.8 Å². The van der Waals surface area contributed by atoms with Crippen LogP contribution in [0.4, 0.5) is 18.9 Å². The summed E-state index contributed by atoms with van der Waals surface area (Å²) in [5.74, 6) is 0.410. The van der Waals surface area contributed by atoms with E-state index in [9.17, 15) is 21.6 Å². The van der Waals surface area contributed by atoms with E-state index in [4.69, 9.17) is 9.88 Å². The van der Waals surface area contributed by atoms with Crippen LogP contribution in [0.3, 0.4) is 0 Å². The Labute approximate surface area is 168 Å². The Morgan fingerprint density at radius 1 is 1.14 bits per heavy atom. The van der Waals surface area contributed by atoms with E-state index in [2.05, 4.69) is 10.6 Å². The molecule has 0 saturated carbocycles. The molecule has 0 unspecified atom stereocenters. The van der Waals surface area contributed by atoms with Gasteiger partial charge in [0, 0.05) is 13.1 Å². The van der Waals surface area contributed by atoms with Gasteiger partial charge in [0.1, 0.15) is 10.6 Å². The maximum Gasteiger partial charge on any atom is 0.401 e. The highest BCUT2D eigenvalue weighted by atomic mass is 32.2. The minimum absolute atomic E-state index is 0.00868. The lowest BCUT2D eigenvalue weighted by atomic mass is 10.1. The van der Waals surface area contributed by atoms with Gasteiger partial charge in [-0.1, -0.05) is 31.5 Å². The second kappa shape index (κ2) is 9.95. The van der Waals surface area contributed by atoms with Crippen molar-refractivity contribution in [2.45, 2.75) is 37.4 Å². The molecule has 0 aliphatic heterocycles. The van der Waals surface area contributed by atoms with Crippen molar-refractivity contribution < 1.29 is 26.3 Å². The zero-order chi connectivity index (χ0) is 21.5. The van der Waals surface area contributed by atoms with Crippen molar-refractivity contribution in [2.24, 2.45) is 5.14 Å². The van der Waals surface area contributed by atoms with Gasteiger partial charge in [-0.05, 0) is 36.2 Å². The van der Waals surface area contributed by atoms with E-state index in [0.29, 0.717) is 23.5 Å². The Balaban J connectivity index is 2.44. The molecule has 0 spiro atoms. The molecule has 10 heteroatoms. The number of hydrogen-bond acceptors (Lipinski definition) is 5. The largest absolute Gasteiger partial charge is 0.454 e. The first kappa shape index (κ1) is 23.0.